The van der Waals surface area contributed by atoms with Crippen LogP contribution in [0.25, 0.3) is 22.3 Å². The molecule has 1 saturated heterocycles. The number of H-pyrrole nitrogens is 1. The number of halogens is 2. The Balaban J connectivity index is 1.33. The van der Waals surface area contributed by atoms with Gasteiger partial charge in [0, 0.05) is 48.2 Å². The maximum absolute atomic E-state index is 11.6. The summed E-state index contributed by atoms with van der Waals surface area (Å²) in [5.74, 6) is 1.37. The Bertz CT molecular complexity index is 1560. The molecule has 0 radical (unpaired) electrons. The highest BCUT2D eigenvalue weighted by Gasteiger charge is 2.35. The molecule has 4 aromatic rings. The highest BCUT2D eigenvalue weighted by molar-refractivity contribution is 7.90. The highest BCUT2D eigenvalue weighted by atomic mass is 35.5. The summed E-state index contributed by atoms with van der Waals surface area (Å²) >= 11 is 12.6. The van der Waals surface area contributed by atoms with E-state index in [1.807, 2.05) is 42.2 Å². The molecule has 10 nitrogen and oxygen atoms in total. The quantitative estimate of drug-likeness (QED) is 0.316. The van der Waals surface area contributed by atoms with Gasteiger partial charge in [-0.1, -0.05) is 23.2 Å². The van der Waals surface area contributed by atoms with Crippen LogP contribution >= 0.6 is 23.2 Å². The Morgan fingerprint density at radius 2 is 1.95 bits per heavy atom. The van der Waals surface area contributed by atoms with Crippen LogP contribution in [0.1, 0.15) is 31.4 Å². The van der Waals surface area contributed by atoms with Crippen LogP contribution in [0.5, 0.6) is 5.75 Å². The molecule has 0 spiro atoms. The van der Waals surface area contributed by atoms with Crippen LogP contribution in [-0.2, 0) is 9.84 Å². The number of rotatable bonds is 8. The second-order valence-electron chi connectivity index (χ2n) is 9.75. The van der Waals surface area contributed by atoms with Crippen LogP contribution in [0.2, 0.25) is 10.0 Å². The SMILES string of the molecule is C[C@@H](Oc1ccc2[nH]nc(-c3ccc(N4CC[C@@](N)(CCS(C)(=O)=O)C4)nn3)c2c1)c1c(Cl)cncc1Cl. The first kappa shape index (κ1) is 26.6. The van der Waals surface area contributed by atoms with Crippen molar-refractivity contribution < 1.29 is 13.2 Å². The number of anilines is 1. The number of hydrogen-bond acceptors (Lipinski definition) is 9. The van der Waals surface area contributed by atoms with Gasteiger partial charge in [-0.05, 0) is 50.1 Å². The number of nitrogens with two attached hydrogens (primary N) is 1. The molecule has 1 aliphatic heterocycles. The van der Waals surface area contributed by atoms with Crippen LogP contribution in [0.4, 0.5) is 5.82 Å². The van der Waals surface area contributed by atoms with Crippen LogP contribution in [0.3, 0.4) is 0 Å². The number of fused-ring (bicyclic) bond motifs is 1. The van der Waals surface area contributed by atoms with Crippen LogP contribution in [-0.4, -0.2) is 64.4 Å². The number of nitrogens with one attached hydrogen (secondary N) is 1. The largest absolute Gasteiger partial charge is 0.486 e. The van der Waals surface area contributed by atoms with Gasteiger partial charge < -0.3 is 15.4 Å². The second-order valence-corrected chi connectivity index (χ2v) is 12.8. The summed E-state index contributed by atoms with van der Waals surface area (Å²) in [7, 11) is -3.07. The van der Waals surface area contributed by atoms with E-state index in [0.717, 1.165) is 10.9 Å². The maximum Gasteiger partial charge on any atom is 0.151 e. The molecular weight excluding hydrogens is 549 g/mol. The van der Waals surface area contributed by atoms with Gasteiger partial charge in [0.05, 0.1) is 21.3 Å². The van der Waals surface area contributed by atoms with E-state index >= 15 is 0 Å². The average Bonchev–Trinajstić information content (AvgIpc) is 3.46. The fourth-order valence-corrected chi connectivity index (χ4v) is 6.09. The van der Waals surface area contributed by atoms with Crippen molar-refractivity contribution in [2.24, 2.45) is 5.73 Å². The topological polar surface area (TPSA) is 140 Å². The van der Waals surface area contributed by atoms with Gasteiger partial charge in [-0.25, -0.2) is 8.42 Å². The summed E-state index contributed by atoms with van der Waals surface area (Å²) in [6.45, 7) is 3.07. The van der Waals surface area contributed by atoms with E-state index < -0.39 is 21.5 Å². The van der Waals surface area contributed by atoms with Crippen LogP contribution in [0.15, 0.2) is 42.7 Å². The van der Waals surface area contributed by atoms with Crippen molar-refractivity contribution >= 4 is 49.8 Å². The monoisotopic (exact) mass is 575 g/mol. The number of nitrogens with zero attached hydrogens (tertiary/aromatic N) is 5. The predicted molar refractivity (Wildman–Crippen MR) is 148 cm³/mol. The van der Waals surface area contributed by atoms with Gasteiger partial charge in [0.15, 0.2) is 5.82 Å². The lowest BCUT2D eigenvalue weighted by Crippen LogP contribution is -2.44. The predicted octanol–water partition coefficient (Wildman–Crippen LogP) is 4.20. The minimum Gasteiger partial charge on any atom is -0.486 e. The second kappa shape index (κ2) is 10.3. The van der Waals surface area contributed by atoms with Gasteiger partial charge in [0.1, 0.15) is 33.1 Å². The van der Waals surface area contributed by atoms with E-state index in [1.54, 1.807) is 0 Å². The minimum absolute atomic E-state index is 0.0707. The van der Waals surface area contributed by atoms with Crippen LogP contribution < -0.4 is 15.4 Å². The molecule has 0 saturated carbocycles. The third-order valence-corrected chi connectivity index (χ3v) is 8.27. The van der Waals surface area contributed by atoms with Gasteiger partial charge in [-0.2, -0.15) is 5.10 Å². The molecular formula is C25H27Cl2N7O3S. The van der Waals surface area contributed by atoms with E-state index in [-0.39, 0.29) is 5.75 Å². The molecule has 200 valence electrons. The molecule has 0 amide bonds. The first-order valence-electron chi connectivity index (χ1n) is 12.0. The van der Waals surface area contributed by atoms with Crippen molar-refractivity contribution in [3.05, 3.63) is 58.3 Å². The van der Waals surface area contributed by atoms with Crippen molar-refractivity contribution in [2.75, 3.05) is 30.0 Å². The third kappa shape index (κ3) is 5.70. The lowest BCUT2D eigenvalue weighted by Gasteiger charge is -2.24. The van der Waals surface area contributed by atoms with Crippen LogP contribution in [0, 0.1) is 0 Å². The van der Waals surface area contributed by atoms with Crippen molar-refractivity contribution in [3.8, 4) is 17.1 Å². The number of sulfone groups is 1. The zero-order valence-corrected chi connectivity index (χ0v) is 23.2. The summed E-state index contributed by atoms with van der Waals surface area (Å²) in [6.07, 6.45) is 5.00. The summed E-state index contributed by atoms with van der Waals surface area (Å²) in [4.78, 5) is 6.02. The summed E-state index contributed by atoms with van der Waals surface area (Å²) in [5, 5.41) is 18.0. The molecule has 3 N–H and O–H groups in total. The number of benzene rings is 1. The van der Waals surface area contributed by atoms with Gasteiger partial charge in [0.2, 0.25) is 0 Å². The zero-order chi connectivity index (χ0) is 27.1. The maximum atomic E-state index is 11.6. The number of aromatic amines is 1. The summed E-state index contributed by atoms with van der Waals surface area (Å²) in [5.41, 5.74) is 8.62. The molecule has 1 fully saturated rings. The number of aromatic nitrogens is 5. The molecule has 38 heavy (non-hydrogen) atoms. The molecule has 13 heteroatoms. The number of ether oxygens (including phenoxy) is 1. The zero-order valence-electron chi connectivity index (χ0n) is 20.9. The van der Waals surface area contributed by atoms with E-state index in [2.05, 4.69) is 25.4 Å². The lowest BCUT2D eigenvalue weighted by atomic mass is 9.97. The molecule has 5 rings (SSSR count). The third-order valence-electron chi connectivity index (χ3n) is 6.72. The van der Waals surface area contributed by atoms with E-state index in [1.165, 1.54) is 18.6 Å². The Kier molecular flexibility index (Phi) is 7.21. The van der Waals surface area contributed by atoms with Gasteiger partial charge in [0.25, 0.3) is 0 Å². The fraction of sp³-hybridized carbons (Fsp3) is 0.360. The first-order chi connectivity index (χ1) is 18.0. The van der Waals surface area contributed by atoms with Crippen molar-refractivity contribution in [3.63, 3.8) is 0 Å². The van der Waals surface area contributed by atoms with E-state index in [9.17, 15) is 8.42 Å². The van der Waals surface area contributed by atoms with Crippen molar-refractivity contribution in [2.45, 2.75) is 31.4 Å². The number of pyridine rings is 1. The molecule has 1 aromatic carbocycles. The fourth-order valence-electron chi connectivity index (χ4n) is 4.64. The summed E-state index contributed by atoms with van der Waals surface area (Å²) in [6, 6.07) is 9.34. The highest BCUT2D eigenvalue weighted by Crippen LogP contribution is 2.35. The van der Waals surface area contributed by atoms with Gasteiger partial charge >= 0.3 is 0 Å². The molecule has 4 heterocycles. The number of hydrogen-bond donors (Lipinski definition) is 2. The summed E-state index contributed by atoms with van der Waals surface area (Å²) < 4.78 is 29.3. The van der Waals surface area contributed by atoms with Gasteiger partial charge in [-0.3, -0.25) is 10.1 Å². The minimum atomic E-state index is -3.07. The normalized spacial score (nSPS) is 18.7. The van der Waals surface area contributed by atoms with E-state index in [0.29, 0.717) is 64.5 Å². The Hall–Kier alpha value is -2.99. The Morgan fingerprint density at radius 1 is 1.18 bits per heavy atom. The average molecular weight is 577 g/mol. The Labute approximate surface area is 230 Å². The van der Waals surface area contributed by atoms with Gasteiger partial charge in [-0.15, -0.1) is 10.2 Å². The smallest absolute Gasteiger partial charge is 0.151 e. The van der Waals surface area contributed by atoms with Crippen molar-refractivity contribution in [1.82, 2.24) is 25.4 Å². The van der Waals surface area contributed by atoms with Crippen molar-refractivity contribution in [1.29, 1.82) is 0 Å². The molecule has 3 aromatic heterocycles. The molecule has 0 bridgehead atoms. The first-order valence-corrected chi connectivity index (χ1v) is 14.8. The standard InChI is InChI=1S/C25H27Cl2N7O3S/c1-15(23-18(26)12-29-13-19(23)27)37-16-3-4-20-17(11-16)24(33-30-20)21-5-6-22(32-31-21)34-9-7-25(28,14-34)8-10-38(2,35)36/h3-6,11-13,15H,7-10,14,28H2,1-2H3,(H,30,33)/t15-,25-/m1/s1. The lowest BCUT2D eigenvalue weighted by molar-refractivity contribution is 0.227. The van der Waals surface area contributed by atoms with E-state index in [4.69, 9.17) is 33.7 Å². The molecule has 2 atom stereocenters. The molecule has 1 aliphatic rings. The Morgan fingerprint density at radius 3 is 2.63 bits per heavy atom. The molecule has 0 aliphatic carbocycles. The molecule has 0 unspecified atom stereocenters.